The van der Waals surface area contributed by atoms with Gasteiger partial charge in [0, 0.05) is 0 Å². The van der Waals surface area contributed by atoms with Crippen molar-refractivity contribution < 1.29 is 5.11 Å². The minimum atomic E-state index is -0.535. The number of hydrogen-bond acceptors (Lipinski definition) is 1. The number of benzene rings is 1. The van der Waals surface area contributed by atoms with Crippen molar-refractivity contribution in [2.45, 2.75) is 57.5 Å². The summed E-state index contributed by atoms with van der Waals surface area (Å²) in [5, 5.41) is 11.0. The van der Waals surface area contributed by atoms with Gasteiger partial charge in [0.15, 0.2) is 0 Å². The Labute approximate surface area is 104 Å². The first-order valence-corrected chi connectivity index (χ1v) is 7.08. The van der Waals surface area contributed by atoms with E-state index in [9.17, 15) is 5.11 Å². The molecule has 0 amide bonds. The first kappa shape index (κ1) is 11.3. The molecule has 0 aliphatic heterocycles. The highest BCUT2D eigenvalue weighted by Crippen LogP contribution is 2.45. The fourth-order valence-corrected chi connectivity index (χ4v) is 3.82. The molecule has 17 heavy (non-hydrogen) atoms. The van der Waals surface area contributed by atoms with Gasteiger partial charge in [0.1, 0.15) is 0 Å². The molecule has 0 aromatic heterocycles. The van der Waals surface area contributed by atoms with Gasteiger partial charge in [-0.05, 0) is 61.1 Å². The maximum atomic E-state index is 11.0. The van der Waals surface area contributed by atoms with Crippen LogP contribution in [0.3, 0.4) is 0 Å². The zero-order valence-corrected chi connectivity index (χ0v) is 10.7. The van der Waals surface area contributed by atoms with E-state index in [0.717, 1.165) is 12.8 Å². The van der Waals surface area contributed by atoms with Gasteiger partial charge in [0.25, 0.3) is 0 Å². The molecule has 2 aliphatic rings. The van der Waals surface area contributed by atoms with Crippen molar-refractivity contribution in [3.8, 4) is 0 Å². The van der Waals surface area contributed by atoms with Gasteiger partial charge < -0.3 is 5.11 Å². The maximum Gasteiger partial charge on any atom is 0.0924 e. The number of aryl methyl sites for hydroxylation is 2. The maximum absolute atomic E-state index is 11.0. The van der Waals surface area contributed by atoms with Crippen molar-refractivity contribution in [2.24, 2.45) is 5.92 Å². The molecule has 1 saturated carbocycles. The predicted octanol–water partition coefficient (Wildman–Crippen LogP) is 3.57. The van der Waals surface area contributed by atoms with E-state index in [1.807, 2.05) is 0 Å². The van der Waals surface area contributed by atoms with E-state index in [0.29, 0.717) is 5.92 Å². The fraction of sp³-hybridized carbons (Fsp3) is 0.625. The molecule has 0 saturated heterocycles. The molecule has 3 rings (SSSR count). The Hall–Kier alpha value is -0.820. The highest BCUT2D eigenvalue weighted by Gasteiger charge is 2.41. The summed E-state index contributed by atoms with van der Waals surface area (Å²) in [6.07, 6.45) is 8.11. The Balaban J connectivity index is 1.98. The van der Waals surface area contributed by atoms with Crippen molar-refractivity contribution >= 4 is 0 Å². The molecule has 2 unspecified atom stereocenters. The third-order valence-corrected chi connectivity index (χ3v) is 4.88. The minimum Gasteiger partial charge on any atom is -0.385 e. The number of hydrogen-bond donors (Lipinski definition) is 1. The molecule has 1 heteroatoms. The highest BCUT2D eigenvalue weighted by atomic mass is 16.3. The third kappa shape index (κ3) is 1.72. The van der Waals surface area contributed by atoms with E-state index in [-0.39, 0.29) is 0 Å². The Bertz CT molecular complexity index is 424. The standard InChI is InChI=1S/C16H22O/c1-2-14-7-4-10-16(14,17)15-9-8-12-5-3-6-13(12)11-15/h8-9,11,14,17H,2-7,10H2,1H3. The second-order valence-corrected chi connectivity index (χ2v) is 5.76. The van der Waals surface area contributed by atoms with E-state index < -0.39 is 5.60 Å². The molecule has 92 valence electrons. The summed E-state index contributed by atoms with van der Waals surface area (Å²) in [5.74, 6) is 0.460. The van der Waals surface area contributed by atoms with Crippen molar-refractivity contribution in [1.29, 1.82) is 0 Å². The molecular formula is C16H22O. The highest BCUT2D eigenvalue weighted by molar-refractivity contribution is 5.38. The topological polar surface area (TPSA) is 20.2 Å². The molecule has 1 N–H and O–H groups in total. The normalized spacial score (nSPS) is 31.8. The summed E-state index contributed by atoms with van der Waals surface area (Å²) in [4.78, 5) is 0. The van der Waals surface area contributed by atoms with E-state index in [2.05, 4.69) is 25.1 Å². The van der Waals surface area contributed by atoms with Crippen LogP contribution in [0.1, 0.15) is 55.7 Å². The largest absolute Gasteiger partial charge is 0.385 e. The van der Waals surface area contributed by atoms with Gasteiger partial charge in [0.2, 0.25) is 0 Å². The summed E-state index contributed by atoms with van der Waals surface area (Å²) in [7, 11) is 0. The molecule has 2 aliphatic carbocycles. The molecule has 0 radical (unpaired) electrons. The average Bonchev–Trinajstić information content (AvgIpc) is 2.94. The second kappa shape index (κ2) is 4.13. The van der Waals surface area contributed by atoms with Crippen LogP contribution in [0.4, 0.5) is 0 Å². The van der Waals surface area contributed by atoms with Crippen LogP contribution in [-0.4, -0.2) is 5.11 Å². The third-order valence-electron chi connectivity index (χ3n) is 4.88. The van der Waals surface area contributed by atoms with Crippen molar-refractivity contribution in [3.05, 3.63) is 34.9 Å². The fourth-order valence-electron chi connectivity index (χ4n) is 3.82. The SMILES string of the molecule is CCC1CCCC1(O)c1ccc2c(c1)CCC2. The van der Waals surface area contributed by atoms with Gasteiger partial charge in [-0.25, -0.2) is 0 Å². The van der Waals surface area contributed by atoms with Crippen LogP contribution in [-0.2, 0) is 18.4 Å². The van der Waals surface area contributed by atoms with Gasteiger partial charge in [0.05, 0.1) is 5.60 Å². The lowest BCUT2D eigenvalue weighted by Crippen LogP contribution is -2.29. The van der Waals surface area contributed by atoms with Crippen molar-refractivity contribution in [2.75, 3.05) is 0 Å². The molecule has 0 heterocycles. The smallest absolute Gasteiger partial charge is 0.0924 e. The predicted molar refractivity (Wildman–Crippen MR) is 70.0 cm³/mol. The van der Waals surface area contributed by atoms with Crippen LogP contribution >= 0.6 is 0 Å². The summed E-state index contributed by atoms with van der Waals surface area (Å²) in [6.45, 7) is 2.20. The molecule has 1 fully saturated rings. The summed E-state index contributed by atoms with van der Waals surface area (Å²) < 4.78 is 0. The van der Waals surface area contributed by atoms with Crippen LogP contribution in [0.15, 0.2) is 18.2 Å². The van der Waals surface area contributed by atoms with Crippen LogP contribution < -0.4 is 0 Å². The summed E-state index contributed by atoms with van der Waals surface area (Å²) in [5.41, 5.74) is 3.63. The van der Waals surface area contributed by atoms with Gasteiger partial charge in [-0.15, -0.1) is 0 Å². The van der Waals surface area contributed by atoms with E-state index in [1.54, 1.807) is 0 Å². The zero-order valence-electron chi connectivity index (χ0n) is 10.7. The lowest BCUT2D eigenvalue weighted by atomic mass is 9.81. The molecule has 1 nitrogen and oxygen atoms in total. The molecule has 1 aromatic carbocycles. The minimum absolute atomic E-state index is 0.460. The van der Waals surface area contributed by atoms with Gasteiger partial charge in [-0.1, -0.05) is 31.5 Å². The lowest BCUT2D eigenvalue weighted by molar-refractivity contribution is -0.00393. The molecule has 1 aromatic rings. The molecule has 0 bridgehead atoms. The molecular weight excluding hydrogens is 208 g/mol. The van der Waals surface area contributed by atoms with Crippen molar-refractivity contribution in [1.82, 2.24) is 0 Å². The van der Waals surface area contributed by atoms with E-state index in [4.69, 9.17) is 0 Å². The zero-order chi connectivity index (χ0) is 11.9. The van der Waals surface area contributed by atoms with E-state index >= 15 is 0 Å². The van der Waals surface area contributed by atoms with Crippen molar-refractivity contribution in [3.63, 3.8) is 0 Å². The van der Waals surface area contributed by atoms with Crippen LogP contribution in [0.25, 0.3) is 0 Å². The van der Waals surface area contributed by atoms with Gasteiger partial charge in [-0.3, -0.25) is 0 Å². The number of rotatable bonds is 2. The lowest BCUT2D eigenvalue weighted by Gasteiger charge is -2.30. The number of fused-ring (bicyclic) bond motifs is 1. The second-order valence-electron chi connectivity index (χ2n) is 5.76. The quantitative estimate of drug-likeness (QED) is 0.823. The Morgan fingerprint density at radius 2 is 2.06 bits per heavy atom. The Morgan fingerprint density at radius 1 is 1.24 bits per heavy atom. The summed E-state index contributed by atoms with van der Waals surface area (Å²) >= 11 is 0. The Morgan fingerprint density at radius 3 is 2.88 bits per heavy atom. The van der Waals surface area contributed by atoms with Crippen LogP contribution in [0, 0.1) is 5.92 Å². The van der Waals surface area contributed by atoms with Gasteiger partial charge in [-0.2, -0.15) is 0 Å². The van der Waals surface area contributed by atoms with E-state index in [1.165, 1.54) is 48.8 Å². The number of aliphatic hydroxyl groups is 1. The monoisotopic (exact) mass is 230 g/mol. The first-order chi connectivity index (χ1) is 8.24. The first-order valence-electron chi connectivity index (χ1n) is 7.08. The summed E-state index contributed by atoms with van der Waals surface area (Å²) in [6, 6.07) is 6.72. The van der Waals surface area contributed by atoms with Gasteiger partial charge >= 0.3 is 0 Å². The molecule has 2 atom stereocenters. The average molecular weight is 230 g/mol. The molecule has 0 spiro atoms. The van der Waals surface area contributed by atoms with Crippen LogP contribution in [0.2, 0.25) is 0 Å². The Kier molecular flexibility index (Phi) is 2.74. The van der Waals surface area contributed by atoms with Crippen LogP contribution in [0.5, 0.6) is 0 Å².